The first kappa shape index (κ1) is 18.3. The number of nitrogens with zero attached hydrogens (tertiary/aromatic N) is 2. The molecule has 0 fully saturated rings. The zero-order chi connectivity index (χ0) is 17.4. The van der Waals surface area contributed by atoms with Crippen molar-refractivity contribution < 1.29 is 19.1 Å². The first-order chi connectivity index (χ1) is 11.6. The van der Waals surface area contributed by atoms with Crippen molar-refractivity contribution in [3.8, 4) is 0 Å². The van der Waals surface area contributed by atoms with Gasteiger partial charge >= 0.3 is 5.24 Å². The molecule has 0 aromatic heterocycles. The molecular weight excluding hydrogens is 330 g/mol. The Hall–Kier alpha value is -2.06. The fourth-order valence-corrected chi connectivity index (χ4v) is 2.60. The van der Waals surface area contributed by atoms with E-state index in [1.165, 1.54) is 11.9 Å². The third-order valence-electron chi connectivity index (χ3n) is 3.03. The van der Waals surface area contributed by atoms with Gasteiger partial charge < -0.3 is 14.8 Å². The van der Waals surface area contributed by atoms with Gasteiger partial charge in [-0.2, -0.15) is 0 Å². The zero-order valence-electron chi connectivity index (χ0n) is 13.8. The van der Waals surface area contributed by atoms with E-state index < -0.39 is 0 Å². The molecule has 7 nitrogen and oxygen atoms in total. The van der Waals surface area contributed by atoms with E-state index in [4.69, 9.17) is 9.47 Å². The molecule has 1 heterocycles. The lowest BCUT2D eigenvalue weighted by molar-refractivity contribution is -0.114. The van der Waals surface area contributed by atoms with Gasteiger partial charge in [-0.15, -0.1) is 5.10 Å². The quantitative estimate of drug-likeness (QED) is 0.603. The minimum atomic E-state index is -0.123. The van der Waals surface area contributed by atoms with E-state index in [0.717, 1.165) is 23.7 Å². The van der Waals surface area contributed by atoms with Gasteiger partial charge in [-0.05, 0) is 24.1 Å². The monoisotopic (exact) mass is 351 g/mol. The lowest BCUT2D eigenvalue weighted by Gasteiger charge is -2.22. The molecule has 0 radical (unpaired) electrons. The number of hydrazone groups is 1. The number of hydrogen-bond acceptors (Lipinski definition) is 6. The second-order valence-electron chi connectivity index (χ2n) is 5.15. The normalized spacial score (nSPS) is 14.3. The molecular formula is C16H21N3O4S. The van der Waals surface area contributed by atoms with Crippen molar-refractivity contribution in [2.75, 3.05) is 24.5 Å². The van der Waals surface area contributed by atoms with Crippen LogP contribution in [0.15, 0.2) is 29.4 Å². The smallest absolute Gasteiger partial charge is 0.302 e. The van der Waals surface area contributed by atoms with Crippen molar-refractivity contribution in [2.45, 2.75) is 26.8 Å². The van der Waals surface area contributed by atoms with E-state index in [9.17, 15) is 9.59 Å². The molecule has 1 N–H and O–H groups in total. The minimum absolute atomic E-state index is 0.122. The van der Waals surface area contributed by atoms with Crippen molar-refractivity contribution in [3.05, 3.63) is 29.8 Å². The van der Waals surface area contributed by atoms with Crippen LogP contribution in [-0.2, 0) is 20.8 Å². The van der Waals surface area contributed by atoms with Crippen molar-refractivity contribution in [1.82, 2.24) is 5.01 Å². The Morgan fingerprint density at radius 3 is 2.79 bits per heavy atom. The summed E-state index contributed by atoms with van der Waals surface area (Å²) in [5, 5.41) is 8.18. The SMILES string of the molecule is CCCOCOC1=NN(Cc2ccc(NC(C)=O)cc2)C(=O)SC1. The van der Waals surface area contributed by atoms with Crippen molar-refractivity contribution in [3.63, 3.8) is 0 Å². The second-order valence-corrected chi connectivity index (χ2v) is 6.08. The molecule has 0 unspecified atom stereocenters. The number of nitrogens with one attached hydrogen (secondary N) is 1. The summed E-state index contributed by atoms with van der Waals surface area (Å²) in [6, 6.07) is 7.27. The Morgan fingerprint density at radius 2 is 2.12 bits per heavy atom. The molecule has 0 spiro atoms. The number of ether oxygens (including phenoxy) is 2. The Labute approximate surface area is 145 Å². The summed E-state index contributed by atoms with van der Waals surface area (Å²) in [7, 11) is 0. The lowest BCUT2D eigenvalue weighted by Crippen LogP contribution is -2.30. The number of amides is 2. The van der Waals surface area contributed by atoms with Crippen LogP contribution in [0.25, 0.3) is 0 Å². The maximum Gasteiger partial charge on any atom is 0.302 e. The Morgan fingerprint density at radius 1 is 1.38 bits per heavy atom. The Kier molecular flexibility index (Phi) is 7.07. The zero-order valence-corrected chi connectivity index (χ0v) is 14.6. The van der Waals surface area contributed by atoms with Gasteiger partial charge in [-0.3, -0.25) is 9.59 Å². The number of carbonyl (C=O) groups excluding carboxylic acids is 2. The fraction of sp³-hybridized carbons (Fsp3) is 0.438. The third kappa shape index (κ3) is 5.86. The first-order valence-electron chi connectivity index (χ1n) is 7.67. The highest BCUT2D eigenvalue weighted by Crippen LogP contribution is 2.20. The molecule has 1 aliphatic heterocycles. The molecule has 1 aromatic rings. The molecule has 24 heavy (non-hydrogen) atoms. The number of benzene rings is 1. The summed E-state index contributed by atoms with van der Waals surface area (Å²) in [5.41, 5.74) is 1.62. The Balaban J connectivity index is 1.93. The number of hydrogen-bond donors (Lipinski definition) is 1. The summed E-state index contributed by atoms with van der Waals surface area (Å²) in [6.45, 7) is 4.59. The van der Waals surface area contributed by atoms with Gasteiger partial charge in [0.05, 0.1) is 18.9 Å². The second kappa shape index (κ2) is 9.29. The molecule has 0 saturated heterocycles. The van der Waals surface area contributed by atoms with Crippen LogP contribution in [0.3, 0.4) is 0 Å². The van der Waals surface area contributed by atoms with E-state index in [-0.39, 0.29) is 17.9 Å². The third-order valence-corrected chi connectivity index (χ3v) is 3.88. The van der Waals surface area contributed by atoms with E-state index in [0.29, 0.717) is 30.5 Å². The highest BCUT2D eigenvalue weighted by molar-refractivity contribution is 8.14. The maximum atomic E-state index is 12.0. The van der Waals surface area contributed by atoms with Gasteiger partial charge in [0.2, 0.25) is 11.8 Å². The van der Waals surface area contributed by atoms with E-state index in [1.54, 1.807) is 12.1 Å². The average molecular weight is 351 g/mol. The number of anilines is 1. The van der Waals surface area contributed by atoms with Crippen molar-refractivity contribution in [2.24, 2.45) is 5.10 Å². The molecule has 0 aliphatic carbocycles. The summed E-state index contributed by atoms with van der Waals surface area (Å²) in [6.07, 6.45) is 0.920. The molecule has 0 bridgehead atoms. The molecule has 8 heteroatoms. The van der Waals surface area contributed by atoms with E-state index in [2.05, 4.69) is 10.4 Å². The summed E-state index contributed by atoms with van der Waals surface area (Å²) in [4.78, 5) is 23.0. The predicted octanol–water partition coefficient (Wildman–Crippen LogP) is 3.03. The number of carbonyl (C=O) groups is 2. The van der Waals surface area contributed by atoms with Gasteiger partial charge in [0.25, 0.3) is 0 Å². The van der Waals surface area contributed by atoms with Crippen LogP contribution in [-0.4, -0.2) is 41.2 Å². The van der Waals surface area contributed by atoms with Crippen LogP contribution in [0, 0.1) is 0 Å². The van der Waals surface area contributed by atoms with Crippen LogP contribution in [0.5, 0.6) is 0 Å². The van der Waals surface area contributed by atoms with Crippen LogP contribution >= 0.6 is 11.8 Å². The van der Waals surface area contributed by atoms with Crippen LogP contribution in [0.1, 0.15) is 25.8 Å². The summed E-state index contributed by atoms with van der Waals surface area (Å²) >= 11 is 1.15. The van der Waals surface area contributed by atoms with Crippen LogP contribution < -0.4 is 5.32 Å². The van der Waals surface area contributed by atoms with Gasteiger partial charge in [0, 0.05) is 12.6 Å². The largest absolute Gasteiger partial charge is 0.452 e. The van der Waals surface area contributed by atoms with Crippen molar-refractivity contribution in [1.29, 1.82) is 0 Å². The molecule has 1 aliphatic rings. The highest BCUT2D eigenvalue weighted by Gasteiger charge is 2.22. The van der Waals surface area contributed by atoms with E-state index >= 15 is 0 Å². The molecule has 2 amide bonds. The summed E-state index contributed by atoms with van der Waals surface area (Å²) in [5.74, 6) is 0.763. The minimum Gasteiger partial charge on any atom is -0.452 e. The summed E-state index contributed by atoms with van der Waals surface area (Å²) < 4.78 is 10.7. The van der Waals surface area contributed by atoms with Crippen LogP contribution in [0.2, 0.25) is 0 Å². The fourth-order valence-electron chi connectivity index (χ4n) is 1.96. The first-order valence-corrected chi connectivity index (χ1v) is 8.66. The van der Waals surface area contributed by atoms with Gasteiger partial charge in [0.15, 0.2) is 6.79 Å². The van der Waals surface area contributed by atoms with Crippen LogP contribution in [0.4, 0.5) is 10.5 Å². The number of thioether (sulfide) groups is 1. The molecule has 1 aromatic carbocycles. The molecule has 0 saturated carbocycles. The molecule has 2 rings (SSSR count). The molecule has 0 atom stereocenters. The molecule has 130 valence electrons. The van der Waals surface area contributed by atoms with Gasteiger partial charge in [-0.25, -0.2) is 5.01 Å². The predicted molar refractivity (Wildman–Crippen MR) is 93.8 cm³/mol. The lowest BCUT2D eigenvalue weighted by atomic mass is 10.2. The topological polar surface area (TPSA) is 80.2 Å². The van der Waals surface area contributed by atoms with Gasteiger partial charge in [0.1, 0.15) is 0 Å². The van der Waals surface area contributed by atoms with Gasteiger partial charge in [-0.1, -0.05) is 30.8 Å². The van der Waals surface area contributed by atoms with E-state index in [1.807, 2.05) is 19.1 Å². The number of rotatable bonds is 7. The van der Waals surface area contributed by atoms with Crippen molar-refractivity contribution >= 4 is 34.5 Å². The highest BCUT2D eigenvalue weighted by atomic mass is 32.2. The maximum absolute atomic E-state index is 12.0. The Bertz CT molecular complexity index is 604. The average Bonchev–Trinajstić information content (AvgIpc) is 2.56. The standard InChI is InChI=1S/C16H21N3O4S/c1-3-8-22-11-23-15-10-24-16(21)19(18-15)9-13-4-6-14(7-5-13)17-12(2)20/h4-7H,3,8-11H2,1-2H3,(H,17,20).